The van der Waals surface area contributed by atoms with E-state index in [2.05, 4.69) is 10.6 Å². The third-order valence-corrected chi connectivity index (χ3v) is 5.30. The van der Waals surface area contributed by atoms with Gasteiger partial charge in [-0.05, 0) is 69.0 Å². The van der Waals surface area contributed by atoms with E-state index < -0.39 is 0 Å². The minimum atomic E-state index is -0.357. The van der Waals surface area contributed by atoms with Crippen molar-refractivity contribution < 1.29 is 23.9 Å². The molecule has 1 aliphatic rings. The summed E-state index contributed by atoms with van der Waals surface area (Å²) in [5, 5.41) is 5.56. The minimum Gasteiger partial charge on any atom is -0.490 e. The number of piperidine rings is 1. The second-order valence-corrected chi connectivity index (χ2v) is 8.01. The molecule has 0 atom stereocenters. The van der Waals surface area contributed by atoms with Crippen LogP contribution in [-0.2, 0) is 9.59 Å². The topological polar surface area (TPSA) is 97.0 Å². The van der Waals surface area contributed by atoms with E-state index >= 15 is 0 Å². The van der Waals surface area contributed by atoms with Gasteiger partial charge >= 0.3 is 0 Å². The largest absolute Gasteiger partial charge is 0.490 e. The van der Waals surface area contributed by atoms with Crippen LogP contribution >= 0.6 is 0 Å². The molecule has 1 heterocycles. The number of hydrogen-bond acceptors (Lipinski definition) is 5. The number of anilines is 2. The van der Waals surface area contributed by atoms with E-state index in [-0.39, 0.29) is 24.3 Å². The van der Waals surface area contributed by atoms with E-state index in [1.54, 1.807) is 30.3 Å². The normalized spacial score (nSPS) is 13.2. The highest BCUT2D eigenvalue weighted by molar-refractivity contribution is 6.07. The van der Waals surface area contributed by atoms with Gasteiger partial charge in [0.2, 0.25) is 5.91 Å². The molecule has 1 fully saturated rings. The molecule has 0 unspecified atom stereocenters. The fourth-order valence-electron chi connectivity index (χ4n) is 3.67. The number of rotatable bonds is 8. The quantitative estimate of drug-likeness (QED) is 0.630. The third kappa shape index (κ3) is 6.71. The number of ether oxygens (including phenoxy) is 2. The summed E-state index contributed by atoms with van der Waals surface area (Å²) in [7, 11) is 0. The highest BCUT2D eigenvalue weighted by Gasteiger charge is 2.19. The zero-order valence-electron chi connectivity index (χ0n) is 19.4. The van der Waals surface area contributed by atoms with Gasteiger partial charge in [-0.25, -0.2) is 0 Å². The summed E-state index contributed by atoms with van der Waals surface area (Å²) in [6.07, 6.45) is 3.19. The van der Waals surface area contributed by atoms with Crippen LogP contribution in [0.3, 0.4) is 0 Å². The van der Waals surface area contributed by atoms with E-state index in [1.165, 1.54) is 6.92 Å². The van der Waals surface area contributed by atoms with Crippen molar-refractivity contribution >= 4 is 29.1 Å². The van der Waals surface area contributed by atoms with Crippen molar-refractivity contribution in [3.63, 3.8) is 0 Å². The Labute approximate surface area is 194 Å². The predicted molar refractivity (Wildman–Crippen MR) is 127 cm³/mol. The number of benzene rings is 2. The second-order valence-electron chi connectivity index (χ2n) is 8.01. The molecule has 2 N–H and O–H groups in total. The van der Waals surface area contributed by atoms with Gasteiger partial charge in [0.05, 0.1) is 18.0 Å². The lowest BCUT2D eigenvalue weighted by atomic mass is 10.1. The van der Waals surface area contributed by atoms with Crippen LogP contribution < -0.4 is 20.1 Å². The van der Waals surface area contributed by atoms with E-state index in [9.17, 15) is 14.4 Å². The first kappa shape index (κ1) is 24.1. The van der Waals surface area contributed by atoms with Crippen molar-refractivity contribution in [3.8, 4) is 11.5 Å². The van der Waals surface area contributed by atoms with Crippen LogP contribution in [0, 0.1) is 6.92 Å². The Balaban J connectivity index is 1.73. The van der Waals surface area contributed by atoms with Crippen LogP contribution in [0.25, 0.3) is 0 Å². The van der Waals surface area contributed by atoms with Gasteiger partial charge in [0, 0.05) is 25.6 Å². The Hall–Kier alpha value is -3.55. The molecule has 0 aliphatic carbocycles. The molecule has 0 bridgehead atoms. The third-order valence-electron chi connectivity index (χ3n) is 5.30. The molecular weight excluding hydrogens is 422 g/mol. The monoisotopic (exact) mass is 453 g/mol. The number of nitrogens with one attached hydrogen (secondary N) is 2. The van der Waals surface area contributed by atoms with Crippen LogP contribution in [0.4, 0.5) is 11.4 Å². The van der Waals surface area contributed by atoms with Gasteiger partial charge in [-0.2, -0.15) is 0 Å². The lowest BCUT2D eigenvalue weighted by Gasteiger charge is -2.26. The average Bonchev–Trinajstić information content (AvgIpc) is 2.80. The second kappa shape index (κ2) is 11.4. The van der Waals surface area contributed by atoms with Gasteiger partial charge in [-0.15, -0.1) is 0 Å². The SMILES string of the molecule is CCOc1cc(C(=O)Nc2cc(C)ccc2NC(C)=O)ccc1OCC(=O)N1CCCCC1. The summed E-state index contributed by atoms with van der Waals surface area (Å²) in [5.74, 6) is 0.165. The molecule has 2 aromatic rings. The molecule has 0 radical (unpaired) electrons. The zero-order valence-corrected chi connectivity index (χ0v) is 19.4. The molecule has 1 saturated heterocycles. The van der Waals surface area contributed by atoms with E-state index in [4.69, 9.17) is 9.47 Å². The van der Waals surface area contributed by atoms with Gasteiger partial charge in [-0.1, -0.05) is 6.07 Å². The van der Waals surface area contributed by atoms with Crippen molar-refractivity contribution in [2.45, 2.75) is 40.0 Å². The lowest BCUT2D eigenvalue weighted by Crippen LogP contribution is -2.38. The maximum atomic E-state index is 12.9. The number of carbonyl (C=O) groups excluding carboxylic acids is 3. The Morgan fingerprint density at radius 3 is 2.36 bits per heavy atom. The van der Waals surface area contributed by atoms with E-state index in [0.717, 1.165) is 37.9 Å². The first-order valence-electron chi connectivity index (χ1n) is 11.2. The Bertz CT molecular complexity index is 1020. The molecule has 0 aromatic heterocycles. The first-order valence-corrected chi connectivity index (χ1v) is 11.2. The molecule has 0 spiro atoms. The Kier molecular flexibility index (Phi) is 8.29. The highest BCUT2D eigenvalue weighted by Crippen LogP contribution is 2.30. The zero-order chi connectivity index (χ0) is 23.8. The standard InChI is InChI=1S/C25H31N3O5/c1-4-32-23-15-19(9-11-22(23)33-16-24(30)28-12-6-5-7-13-28)25(31)27-21-14-17(2)8-10-20(21)26-18(3)29/h8-11,14-15H,4-7,12-13,16H2,1-3H3,(H,26,29)(H,27,31). The van der Waals surface area contributed by atoms with Gasteiger partial charge in [0.15, 0.2) is 18.1 Å². The number of nitrogens with zero attached hydrogens (tertiary/aromatic N) is 1. The summed E-state index contributed by atoms with van der Waals surface area (Å²) < 4.78 is 11.4. The van der Waals surface area contributed by atoms with Gasteiger partial charge in [-0.3, -0.25) is 14.4 Å². The Morgan fingerprint density at radius 1 is 0.909 bits per heavy atom. The fraction of sp³-hybridized carbons (Fsp3) is 0.400. The van der Waals surface area contributed by atoms with Gasteiger partial charge in [0.1, 0.15) is 0 Å². The summed E-state index contributed by atoms with van der Waals surface area (Å²) in [4.78, 5) is 38.7. The minimum absolute atomic E-state index is 0.0519. The first-order chi connectivity index (χ1) is 15.9. The van der Waals surface area contributed by atoms with Gasteiger partial charge < -0.3 is 25.0 Å². The van der Waals surface area contributed by atoms with Crippen molar-refractivity contribution in [1.82, 2.24) is 4.90 Å². The van der Waals surface area contributed by atoms with Gasteiger partial charge in [0.25, 0.3) is 11.8 Å². The molecule has 8 heteroatoms. The predicted octanol–water partition coefficient (Wildman–Crippen LogP) is 4.00. The van der Waals surface area contributed by atoms with Crippen LogP contribution in [-0.4, -0.2) is 48.9 Å². The summed E-state index contributed by atoms with van der Waals surface area (Å²) >= 11 is 0. The summed E-state index contributed by atoms with van der Waals surface area (Å²) in [5.41, 5.74) is 2.32. The van der Waals surface area contributed by atoms with Crippen LogP contribution in [0.1, 0.15) is 49.0 Å². The molecule has 2 aromatic carbocycles. The molecule has 0 saturated carbocycles. The van der Waals surface area contributed by atoms with E-state index in [0.29, 0.717) is 35.0 Å². The average molecular weight is 454 g/mol. The van der Waals surface area contributed by atoms with Crippen molar-refractivity contribution in [2.75, 3.05) is 36.9 Å². The highest BCUT2D eigenvalue weighted by atomic mass is 16.5. The molecule has 8 nitrogen and oxygen atoms in total. The smallest absolute Gasteiger partial charge is 0.260 e. The number of amides is 3. The number of aryl methyl sites for hydroxylation is 1. The molecule has 3 amide bonds. The number of hydrogen-bond donors (Lipinski definition) is 2. The number of likely N-dealkylation sites (tertiary alicyclic amines) is 1. The van der Waals surface area contributed by atoms with Crippen LogP contribution in [0.15, 0.2) is 36.4 Å². The maximum absolute atomic E-state index is 12.9. The molecule has 3 rings (SSSR count). The maximum Gasteiger partial charge on any atom is 0.260 e. The summed E-state index contributed by atoms with van der Waals surface area (Å²) in [6, 6.07) is 10.2. The Morgan fingerprint density at radius 2 is 1.67 bits per heavy atom. The lowest BCUT2D eigenvalue weighted by molar-refractivity contribution is -0.134. The van der Waals surface area contributed by atoms with Crippen LogP contribution in [0.5, 0.6) is 11.5 Å². The van der Waals surface area contributed by atoms with Crippen LogP contribution in [0.2, 0.25) is 0 Å². The summed E-state index contributed by atoms with van der Waals surface area (Å²) in [6.45, 7) is 6.98. The molecular formula is C25H31N3O5. The van der Waals surface area contributed by atoms with Crippen molar-refractivity contribution in [2.24, 2.45) is 0 Å². The number of carbonyl (C=O) groups is 3. The molecule has 1 aliphatic heterocycles. The fourth-order valence-corrected chi connectivity index (χ4v) is 3.67. The molecule has 176 valence electrons. The van der Waals surface area contributed by atoms with Crippen molar-refractivity contribution in [1.29, 1.82) is 0 Å². The van der Waals surface area contributed by atoms with E-state index in [1.807, 2.05) is 24.8 Å². The van der Waals surface area contributed by atoms with Crippen molar-refractivity contribution in [3.05, 3.63) is 47.5 Å². The molecule has 33 heavy (non-hydrogen) atoms.